The second kappa shape index (κ2) is 5.43. The molecule has 0 amide bonds. The van der Waals surface area contributed by atoms with Crippen molar-refractivity contribution in [3.05, 3.63) is 28.2 Å². The average Bonchev–Trinajstić information content (AvgIpc) is 3.01. The van der Waals surface area contributed by atoms with Crippen LogP contribution in [0.3, 0.4) is 0 Å². The molecule has 2 fully saturated rings. The van der Waals surface area contributed by atoms with Crippen LogP contribution in [-0.4, -0.2) is 23.4 Å². The standard InChI is InChI=1S/C15H20BrNO2/c1-2-12(11-7-9(16)3-5-14(11)18)17-13-8-10-4-6-15(13)19-10/h3,5,7,10,12-13,15,17-18H,2,4,6,8H2,1H3. The minimum atomic E-state index is 0.186. The lowest BCUT2D eigenvalue weighted by Gasteiger charge is -2.27. The van der Waals surface area contributed by atoms with Crippen molar-refractivity contribution in [2.75, 3.05) is 0 Å². The molecule has 1 aromatic rings. The number of ether oxygens (including phenoxy) is 1. The number of phenols is 1. The Morgan fingerprint density at radius 2 is 2.32 bits per heavy atom. The van der Waals surface area contributed by atoms with E-state index in [2.05, 4.69) is 28.2 Å². The van der Waals surface area contributed by atoms with Gasteiger partial charge in [-0.3, -0.25) is 0 Å². The molecule has 0 aliphatic carbocycles. The summed E-state index contributed by atoms with van der Waals surface area (Å²) in [5.41, 5.74) is 0.972. The molecule has 0 saturated carbocycles. The van der Waals surface area contributed by atoms with Crippen molar-refractivity contribution < 1.29 is 9.84 Å². The number of hydrogen-bond acceptors (Lipinski definition) is 3. The van der Waals surface area contributed by atoms with Gasteiger partial charge in [0.15, 0.2) is 0 Å². The van der Waals surface area contributed by atoms with Gasteiger partial charge in [0.05, 0.1) is 12.2 Å². The second-order valence-electron chi connectivity index (χ2n) is 5.55. The zero-order chi connectivity index (χ0) is 13.4. The molecule has 0 aromatic heterocycles. The van der Waals surface area contributed by atoms with Gasteiger partial charge in [0, 0.05) is 22.1 Å². The molecule has 2 aliphatic rings. The van der Waals surface area contributed by atoms with Crippen LogP contribution in [0.15, 0.2) is 22.7 Å². The first-order valence-corrected chi connectivity index (χ1v) is 7.86. The fourth-order valence-electron chi connectivity index (χ4n) is 3.30. The summed E-state index contributed by atoms with van der Waals surface area (Å²) in [5.74, 6) is 0.367. The van der Waals surface area contributed by atoms with Crippen molar-refractivity contribution in [1.82, 2.24) is 5.32 Å². The second-order valence-corrected chi connectivity index (χ2v) is 6.46. The number of phenolic OH excluding ortho intramolecular Hbond substituents is 1. The summed E-state index contributed by atoms with van der Waals surface area (Å²) in [5, 5.41) is 13.7. The highest BCUT2D eigenvalue weighted by molar-refractivity contribution is 9.10. The minimum absolute atomic E-state index is 0.186. The molecule has 1 aromatic carbocycles. The summed E-state index contributed by atoms with van der Waals surface area (Å²) >= 11 is 3.48. The number of nitrogens with one attached hydrogen (secondary N) is 1. The summed E-state index contributed by atoms with van der Waals surface area (Å²) in [6.45, 7) is 2.14. The molecule has 2 aliphatic heterocycles. The Labute approximate surface area is 122 Å². The molecule has 2 heterocycles. The Hall–Kier alpha value is -0.580. The Morgan fingerprint density at radius 3 is 2.95 bits per heavy atom. The Balaban J connectivity index is 1.75. The third-order valence-corrected chi connectivity index (χ3v) is 4.79. The first-order valence-electron chi connectivity index (χ1n) is 7.07. The van der Waals surface area contributed by atoms with E-state index < -0.39 is 0 Å². The molecule has 3 nitrogen and oxygen atoms in total. The van der Waals surface area contributed by atoms with E-state index in [0.29, 0.717) is 24.0 Å². The molecule has 4 heteroatoms. The minimum Gasteiger partial charge on any atom is -0.508 e. The topological polar surface area (TPSA) is 41.5 Å². The lowest BCUT2D eigenvalue weighted by atomic mass is 9.93. The van der Waals surface area contributed by atoms with Crippen LogP contribution in [0.5, 0.6) is 5.75 Å². The highest BCUT2D eigenvalue weighted by Crippen LogP contribution is 2.37. The maximum Gasteiger partial charge on any atom is 0.120 e. The SMILES string of the molecule is CCC(NC1CC2CCC1O2)c1cc(Br)ccc1O. The lowest BCUT2D eigenvalue weighted by molar-refractivity contribution is 0.0958. The van der Waals surface area contributed by atoms with Gasteiger partial charge >= 0.3 is 0 Å². The van der Waals surface area contributed by atoms with Gasteiger partial charge in [-0.25, -0.2) is 0 Å². The third-order valence-electron chi connectivity index (χ3n) is 4.29. The molecule has 19 heavy (non-hydrogen) atoms. The van der Waals surface area contributed by atoms with Crippen LogP contribution in [0.1, 0.15) is 44.2 Å². The van der Waals surface area contributed by atoms with Crippen LogP contribution in [-0.2, 0) is 4.74 Å². The predicted molar refractivity (Wildman–Crippen MR) is 78.3 cm³/mol. The molecule has 0 spiro atoms. The molecule has 3 rings (SSSR count). The van der Waals surface area contributed by atoms with Gasteiger partial charge in [0.2, 0.25) is 0 Å². The van der Waals surface area contributed by atoms with Crippen LogP contribution < -0.4 is 5.32 Å². The van der Waals surface area contributed by atoms with Gasteiger partial charge in [-0.05, 0) is 43.9 Å². The van der Waals surface area contributed by atoms with Gasteiger partial charge in [-0.15, -0.1) is 0 Å². The number of halogens is 1. The van der Waals surface area contributed by atoms with Gasteiger partial charge < -0.3 is 15.2 Å². The van der Waals surface area contributed by atoms with Gasteiger partial charge in [0.25, 0.3) is 0 Å². The van der Waals surface area contributed by atoms with Crippen molar-refractivity contribution in [1.29, 1.82) is 0 Å². The van der Waals surface area contributed by atoms with E-state index in [-0.39, 0.29) is 6.04 Å². The smallest absolute Gasteiger partial charge is 0.120 e. The highest BCUT2D eigenvalue weighted by Gasteiger charge is 2.41. The average molecular weight is 326 g/mol. The molecule has 104 valence electrons. The van der Waals surface area contributed by atoms with E-state index in [1.54, 1.807) is 6.07 Å². The first kappa shape index (κ1) is 13.4. The number of rotatable bonds is 4. The molecular formula is C15H20BrNO2. The zero-order valence-electron chi connectivity index (χ0n) is 11.1. The van der Waals surface area contributed by atoms with Crippen LogP contribution >= 0.6 is 15.9 Å². The van der Waals surface area contributed by atoms with Crippen molar-refractivity contribution in [2.24, 2.45) is 0 Å². The Kier molecular flexibility index (Phi) is 3.83. The molecule has 4 unspecified atom stereocenters. The number of benzene rings is 1. The summed E-state index contributed by atoms with van der Waals surface area (Å²) in [6.07, 6.45) is 5.27. The van der Waals surface area contributed by atoms with Crippen LogP contribution in [0.2, 0.25) is 0 Å². The fraction of sp³-hybridized carbons (Fsp3) is 0.600. The Morgan fingerprint density at radius 1 is 1.47 bits per heavy atom. The largest absolute Gasteiger partial charge is 0.508 e. The van der Waals surface area contributed by atoms with E-state index >= 15 is 0 Å². The number of fused-ring (bicyclic) bond motifs is 2. The van der Waals surface area contributed by atoms with Crippen LogP contribution in [0.4, 0.5) is 0 Å². The van der Waals surface area contributed by atoms with Crippen molar-refractivity contribution in [3.63, 3.8) is 0 Å². The molecule has 2 N–H and O–H groups in total. The molecule has 2 saturated heterocycles. The van der Waals surface area contributed by atoms with Crippen molar-refractivity contribution in [3.8, 4) is 5.75 Å². The number of hydrogen-bond donors (Lipinski definition) is 2. The normalized spacial score (nSPS) is 30.7. The monoisotopic (exact) mass is 325 g/mol. The van der Waals surface area contributed by atoms with E-state index in [9.17, 15) is 5.11 Å². The summed E-state index contributed by atoms with van der Waals surface area (Å²) in [6, 6.07) is 6.24. The molecule has 0 radical (unpaired) electrons. The summed E-state index contributed by atoms with van der Waals surface area (Å²) in [4.78, 5) is 0. The molecule has 2 bridgehead atoms. The first-order chi connectivity index (χ1) is 9.17. The maximum absolute atomic E-state index is 10.1. The lowest BCUT2D eigenvalue weighted by Crippen LogP contribution is -2.39. The number of aromatic hydroxyl groups is 1. The van der Waals surface area contributed by atoms with Crippen LogP contribution in [0, 0.1) is 0 Å². The van der Waals surface area contributed by atoms with Gasteiger partial charge in [-0.2, -0.15) is 0 Å². The highest BCUT2D eigenvalue weighted by atomic mass is 79.9. The fourth-order valence-corrected chi connectivity index (χ4v) is 3.68. The quantitative estimate of drug-likeness (QED) is 0.890. The summed E-state index contributed by atoms with van der Waals surface area (Å²) in [7, 11) is 0. The van der Waals surface area contributed by atoms with E-state index in [0.717, 1.165) is 22.9 Å². The predicted octanol–water partition coefficient (Wildman–Crippen LogP) is 3.52. The maximum atomic E-state index is 10.1. The summed E-state index contributed by atoms with van der Waals surface area (Å²) < 4.78 is 6.89. The van der Waals surface area contributed by atoms with E-state index in [1.165, 1.54) is 12.8 Å². The Bertz CT molecular complexity index is 465. The van der Waals surface area contributed by atoms with Gasteiger partial charge in [0.1, 0.15) is 5.75 Å². The van der Waals surface area contributed by atoms with Crippen molar-refractivity contribution in [2.45, 2.75) is 56.9 Å². The molecule has 4 atom stereocenters. The van der Waals surface area contributed by atoms with Crippen molar-refractivity contribution >= 4 is 15.9 Å². The van der Waals surface area contributed by atoms with E-state index in [1.807, 2.05) is 12.1 Å². The van der Waals surface area contributed by atoms with Gasteiger partial charge in [-0.1, -0.05) is 22.9 Å². The van der Waals surface area contributed by atoms with Crippen LogP contribution in [0.25, 0.3) is 0 Å². The van der Waals surface area contributed by atoms with E-state index in [4.69, 9.17) is 4.74 Å². The zero-order valence-corrected chi connectivity index (χ0v) is 12.7. The molecular weight excluding hydrogens is 306 g/mol. The third kappa shape index (κ3) is 2.67.